The van der Waals surface area contributed by atoms with Crippen molar-refractivity contribution in [3.8, 4) is 5.75 Å². The summed E-state index contributed by atoms with van der Waals surface area (Å²) in [6.07, 6.45) is 1.44. The number of phenols is 1. The normalized spacial score (nSPS) is 23.1. The number of anilines is 5. The number of carbonyl (C=O) groups is 1. The minimum atomic E-state index is -0.639. The number of phenolic OH excluding ortho intramolecular Hbond substituents is 1. The van der Waals surface area contributed by atoms with E-state index in [1.54, 1.807) is 24.3 Å². The summed E-state index contributed by atoms with van der Waals surface area (Å²) in [7, 11) is 0. The molecule has 0 saturated carbocycles. The van der Waals surface area contributed by atoms with Crippen molar-refractivity contribution < 1.29 is 14.3 Å². The maximum absolute atomic E-state index is 13.5. The van der Waals surface area contributed by atoms with Gasteiger partial charge in [0.15, 0.2) is 0 Å². The van der Waals surface area contributed by atoms with Crippen LogP contribution < -0.4 is 43.4 Å². The number of nitrogens with two attached hydrogens (primary N) is 4. The van der Waals surface area contributed by atoms with Crippen LogP contribution in [0, 0.1) is 5.82 Å². The maximum Gasteiger partial charge on any atom is 0.259 e. The fourth-order valence-electron chi connectivity index (χ4n) is 5.03. The first-order valence-electron chi connectivity index (χ1n) is 13.1. The molecule has 40 heavy (non-hydrogen) atoms. The van der Waals surface area contributed by atoms with E-state index in [-0.39, 0.29) is 35.5 Å². The highest BCUT2D eigenvalue weighted by atomic mass is 19.1. The van der Waals surface area contributed by atoms with Crippen LogP contribution in [0.5, 0.6) is 5.75 Å². The number of amides is 1. The second-order valence-electron chi connectivity index (χ2n) is 10.4. The van der Waals surface area contributed by atoms with Gasteiger partial charge in [-0.2, -0.15) is 15.0 Å². The standard InChI is InChI=1S/C26H34FN11O2/c27-14-1-6-22(39)21(7-14)23(40)32-19-2-4-20(5-3-19)33-24-34-25(37-10-15(28)8-16(29)11-37)36-26(35-24)38-12-17(30)9-18(31)13-38/h1-7,15-18,39H,8-13,28-31H2,(H,32,40)(H,33,34,35,36)/t15-,16+,17-,18+. The van der Waals surface area contributed by atoms with Gasteiger partial charge in [0.1, 0.15) is 11.6 Å². The van der Waals surface area contributed by atoms with E-state index in [9.17, 15) is 14.3 Å². The van der Waals surface area contributed by atoms with Crippen molar-refractivity contribution in [2.75, 3.05) is 46.6 Å². The first-order chi connectivity index (χ1) is 19.1. The van der Waals surface area contributed by atoms with Crippen molar-refractivity contribution in [3.63, 3.8) is 0 Å². The van der Waals surface area contributed by atoms with E-state index < -0.39 is 11.7 Å². The zero-order chi connectivity index (χ0) is 28.4. The van der Waals surface area contributed by atoms with Gasteiger partial charge >= 0.3 is 0 Å². The molecule has 0 bridgehead atoms. The number of piperidine rings is 2. The highest BCUT2D eigenvalue weighted by Gasteiger charge is 2.28. The van der Waals surface area contributed by atoms with E-state index in [4.69, 9.17) is 27.9 Å². The summed E-state index contributed by atoms with van der Waals surface area (Å²) in [5.41, 5.74) is 25.8. The van der Waals surface area contributed by atoms with Crippen LogP contribution in [-0.4, -0.2) is 76.3 Å². The van der Waals surface area contributed by atoms with E-state index in [0.29, 0.717) is 55.4 Å². The van der Waals surface area contributed by atoms with Gasteiger partial charge < -0.3 is 48.5 Å². The Morgan fingerprint density at radius 3 is 1.82 bits per heavy atom. The summed E-state index contributed by atoms with van der Waals surface area (Å²) in [6, 6.07) is 9.54. The fraction of sp³-hybridized carbons (Fsp3) is 0.385. The van der Waals surface area contributed by atoms with Gasteiger partial charge in [-0.1, -0.05) is 0 Å². The third kappa shape index (κ3) is 6.54. The number of halogens is 1. The molecule has 1 aromatic heterocycles. The molecule has 0 spiro atoms. The van der Waals surface area contributed by atoms with Crippen molar-refractivity contribution in [1.82, 2.24) is 15.0 Å². The van der Waals surface area contributed by atoms with Crippen molar-refractivity contribution in [3.05, 3.63) is 53.8 Å². The third-order valence-corrected chi connectivity index (χ3v) is 6.81. The number of hydrogen-bond acceptors (Lipinski definition) is 12. The Morgan fingerprint density at radius 1 is 0.800 bits per heavy atom. The number of benzene rings is 2. The van der Waals surface area contributed by atoms with Crippen LogP contribution in [0.1, 0.15) is 23.2 Å². The number of nitrogens with one attached hydrogen (secondary N) is 2. The summed E-state index contributed by atoms with van der Waals surface area (Å²) in [5, 5.41) is 15.7. The topological polar surface area (TPSA) is 211 Å². The van der Waals surface area contributed by atoms with Gasteiger partial charge in [-0.3, -0.25) is 4.79 Å². The molecule has 13 nitrogen and oxygen atoms in total. The lowest BCUT2D eigenvalue weighted by molar-refractivity contribution is 0.102. The Bertz CT molecular complexity index is 1290. The van der Waals surface area contributed by atoms with Crippen LogP contribution in [-0.2, 0) is 0 Å². The molecule has 3 aromatic rings. The van der Waals surface area contributed by atoms with Crippen LogP contribution in [0.4, 0.5) is 33.6 Å². The van der Waals surface area contributed by atoms with Gasteiger partial charge in [0.05, 0.1) is 5.56 Å². The molecule has 4 atom stereocenters. The molecule has 14 heteroatoms. The second kappa shape index (κ2) is 11.6. The van der Waals surface area contributed by atoms with Crippen LogP contribution in [0.3, 0.4) is 0 Å². The second-order valence-corrected chi connectivity index (χ2v) is 10.4. The van der Waals surface area contributed by atoms with Crippen molar-refractivity contribution in [1.29, 1.82) is 0 Å². The first-order valence-corrected chi connectivity index (χ1v) is 13.1. The molecule has 2 aromatic carbocycles. The maximum atomic E-state index is 13.5. The van der Waals surface area contributed by atoms with Crippen molar-refractivity contribution in [2.45, 2.75) is 37.0 Å². The molecular weight excluding hydrogens is 517 g/mol. The lowest BCUT2D eigenvalue weighted by Gasteiger charge is -2.37. The van der Waals surface area contributed by atoms with E-state index in [1.165, 1.54) is 0 Å². The smallest absolute Gasteiger partial charge is 0.259 e. The molecule has 5 rings (SSSR count). The average Bonchev–Trinajstić information content (AvgIpc) is 2.90. The van der Waals surface area contributed by atoms with Crippen LogP contribution in [0.2, 0.25) is 0 Å². The molecule has 2 aliphatic heterocycles. The summed E-state index contributed by atoms with van der Waals surface area (Å²) >= 11 is 0. The van der Waals surface area contributed by atoms with E-state index >= 15 is 0 Å². The zero-order valence-electron chi connectivity index (χ0n) is 21.9. The van der Waals surface area contributed by atoms with E-state index in [0.717, 1.165) is 31.0 Å². The molecular formula is C26H34FN11O2. The number of nitrogens with zero attached hydrogens (tertiary/aromatic N) is 5. The Morgan fingerprint density at radius 2 is 1.30 bits per heavy atom. The highest BCUT2D eigenvalue weighted by molar-refractivity contribution is 6.06. The van der Waals surface area contributed by atoms with Crippen LogP contribution in [0.15, 0.2) is 42.5 Å². The molecule has 2 aliphatic rings. The Hall–Kier alpha value is -4.11. The molecule has 212 valence electrons. The fourth-order valence-corrected chi connectivity index (χ4v) is 5.03. The number of hydrogen-bond donors (Lipinski definition) is 7. The predicted molar refractivity (Wildman–Crippen MR) is 151 cm³/mol. The SMILES string of the molecule is N[C@@H]1C[C@H](N)CN(c2nc(Nc3ccc(NC(=O)c4cc(F)ccc4O)cc3)nc(N3C[C@H](N)C[C@H](N)C3)n2)C1. The van der Waals surface area contributed by atoms with Gasteiger partial charge in [-0.05, 0) is 55.3 Å². The first kappa shape index (κ1) is 27.5. The summed E-state index contributed by atoms with van der Waals surface area (Å²) < 4.78 is 13.5. The number of rotatable bonds is 6. The van der Waals surface area contributed by atoms with E-state index in [1.807, 2.05) is 9.80 Å². The summed E-state index contributed by atoms with van der Waals surface area (Å²) in [5.74, 6) is -0.373. The van der Waals surface area contributed by atoms with Gasteiger partial charge in [0.2, 0.25) is 17.8 Å². The number of aromatic hydroxyl groups is 1. The molecule has 0 aliphatic carbocycles. The summed E-state index contributed by atoms with van der Waals surface area (Å²) in [4.78, 5) is 30.4. The Labute approximate surface area is 230 Å². The average molecular weight is 552 g/mol. The third-order valence-electron chi connectivity index (χ3n) is 6.81. The molecule has 2 saturated heterocycles. The number of aromatic nitrogens is 3. The predicted octanol–water partition coefficient (Wildman–Crippen LogP) is 0.442. The van der Waals surface area contributed by atoms with Gasteiger partial charge in [0.25, 0.3) is 5.91 Å². The minimum absolute atomic E-state index is 0.103. The van der Waals surface area contributed by atoms with Crippen LogP contribution >= 0.6 is 0 Å². The van der Waals surface area contributed by atoms with Crippen molar-refractivity contribution in [2.24, 2.45) is 22.9 Å². The lowest BCUT2D eigenvalue weighted by atomic mass is 10.0. The highest BCUT2D eigenvalue weighted by Crippen LogP contribution is 2.25. The Kier molecular flexibility index (Phi) is 7.93. The summed E-state index contributed by atoms with van der Waals surface area (Å²) in [6.45, 7) is 2.24. The van der Waals surface area contributed by atoms with Crippen molar-refractivity contribution >= 4 is 35.1 Å². The monoisotopic (exact) mass is 551 g/mol. The molecule has 2 fully saturated rings. The Balaban J connectivity index is 1.36. The molecule has 3 heterocycles. The quantitative estimate of drug-likeness (QED) is 0.222. The van der Waals surface area contributed by atoms with Gasteiger partial charge in [-0.15, -0.1) is 0 Å². The van der Waals surface area contributed by atoms with Gasteiger partial charge in [-0.25, -0.2) is 4.39 Å². The zero-order valence-corrected chi connectivity index (χ0v) is 21.9. The van der Waals surface area contributed by atoms with Crippen LogP contribution in [0.25, 0.3) is 0 Å². The molecule has 0 unspecified atom stereocenters. The minimum Gasteiger partial charge on any atom is -0.507 e. The largest absolute Gasteiger partial charge is 0.507 e. The molecule has 0 radical (unpaired) electrons. The molecule has 1 amide bonds. The van der Waals surface area contributed by atoms with E-state index in [2.05, 4.69) is 20.6 Å². The number of carbonyl (C=O) groups excluding carboxylic acids is 1. The molecule has 11 N–H and O–H groups in total. The lowest BCUT2D eigenvalue weighted by Crippen LogP contribution is -2.54. The van der Waals surface area contributed by atoms with Gasteiger partial charge in [0, 0.05) is 61.7 Å².